The molecule has 3 nitrogen and oxygen atoms in total. The lowest BCUT2D eigenvalue weighted by Crippen LogP contribution is -2.44. The molecule has 1 rings (SSSR count). The molecule has 0 heterocycles. The summed E-state index contributed by atoms with van der Waals surface area (Å²) >= 11 is 1.41. The van der Waals surface area contributed by atoms with Crippen LogP contribution in [0, 0.1) is 11.3 Å². The Morgan fingerprint density at radius 1 is 1.39 bits per heavy atom. The van der Waals surface area contributed by atoms with Crippen molar-refractivity contribution in [3.8, 4) is 6.07 Å². The van der Waals surface area contributed by atoms with Crippen molar-refractivity contribution in [2.24, 2.45) is 0 Å². The van der Waals surface area contributed by atoms with Crippen molar-refractivity contribution < 1.29 is 4.79 Å². The second-order valence-corrected chi connectivity index (χ2v) is 6.49. The van der Waals surface area contributed by atoms with Crippen LogP contribution < -0.4 is 5.32 Å². The fourth-order valence-electron chi connectivity index (χ4n) is 1.38. The van der Waals surface area contributed by atoms with E-state index in [-0.39, 0.29) is 16.7 Å². The van der Waals surface area contributed by atoms with Gasteiger partial charge >= 0.3 is 0 Å². The monoisotopic (exact) mass is 262 g/mol. The van der Waals surface area contributed by atoms with Gasteiger partial charge in [0.05, 0.1) is 10.8 Å². The Hall–Kier alpha value is -1.47. The number of carbonyl (C=O) groups is 1. The van der Waals surface area contributed by atoms with E-state index in [2.05, 4.69) is 11.4 Å². The average Bonchev–Trinajstić information content (AvgIpc) is 2.27. The van der Waals surface area contributed by atoms with Crippen LogP contribution in [0.25, 0.3) is 0 Å². The third-order valence-corrected chi connectivity index (χ3v) is 3.36. The first-order chi connectivity index (χ1) is 8.33. The van der Waals surface area contributed by atoms with Crippen LogP contribution >= 0.6 is 11.8 Å². The molecule has 0 saturated carbocycles. The summed E-state index contributed by atoms with van der Waals surface area (Å²) in [5, 5.41) is 11.7. The predicted molar refractivity (Wildman–Crippen MR) is 74.4 cm³/mol. The van der Waals surface area contributed by atoms with Gasteiger partial charge in [0, 0.05) is 10.4 Å². The maximum atomic E-state index is 11.9. The van der Waals surface area contributed by atoms with Gasteiger partial charge < -0.3 is 5.32 Å². The van der Waals surface area contributed by atoms with E-state index < -0.39 is 0 Å². The smallest absolute Gasteiger partial charge is 0.233 e. The van der Waals surface area contributed by atoms with E-state index in [1.807, 2.05) is 45.9 Å². The van der Waals surface area contributed by atoms with Crippen molar-refractivity contribution in [2.75, 3.05) is 0 Å². The molecule has 4 heteroatoms. The first-order valence-corrected chi connectivity index (χ1v) is 6.69. The number of hydrogen-bond acceptors (Lipinski definition) is 3. The number of benzene rings is 1. The van der Waals surface area contributed by atoms with Gasteiger partial charge in [-0.05, 0) is 39.8 Å². The van der Waals surface area contributed by atoms with Gasteiger partial charge in [-0.2, -0.15) is 5.26 Å². The summed E-state index contributed by atoms with van der Waals surface area (Å²) < 4.78 is 0. The van der Waals surface area contributed by atoms with Crippen LogP contribution in [-0.4, -0.2) is 16.7 Å². The molecule has 1 N–H and O–H groups in total. The van der Waals surface area contributed by atoms with Crippen molar-refractivity contribution in [1.82, 2.24) is 5.32 Å². The van der Waals surface area contributed by atoms with E-state index in [0.29, 0.717) is 5.56 Å². The van der Waals surface area contributed by atoms with Crippen molar-refractivity contribution in [1.29, 1.82) is 5.26 Å². The molecule has 0 aliphatic rings. The zero-order valence-electron chi connectivity index (χ0n) is 11.2. The first kappa shape index (κ1) is 14.6. The van der Waals surface area contributed by atoms with Gasteiger partial charge in [-0.15, -0.1) is 11.8 Å². The molecule has 1 amide bonds. The largest absolute Gasteiger partial charge is 0.351 e. The highest BCUT2D eigenvalue weighted by atomic mass is 32.2. The summed E-state index contributed by atoms with van der Waals surface area (Å²) in [4.78, 5) is 12.8. The topological polar surface area (TPSA) is 52.9 Å². The van der Waals surface area contributed by atoms with Crippen LogP contribution in [0.3, 0.4) is 0 Å². The highest BCUT2D eigenvalue weighted by Crippen LogP contribution is 2.26. The Balaban J connectivity index is 2.73. The minimum atomic E-state index is -0.235. The first-order valence-electron chi connectivity index (χ1n) is 5.81. The van der Waals surface area contributed by atoms with Gasteiger partial charge in [0.2, 0.25) is 5.91 Å². The van der Waals surface area contributed by atoms with E-state index >= 15 is 0 Å². The molecule has 96 valence electrons. The molecule has 18 heavy (non-hydrogen) atoms. The molecular weight excluding hydrogens is 244 g/mol. The number of rotatable bonds is 3. The normalized spacial score (nSPS) is 12.6. The molecule has 0 bridgehead atoms. The lowest BCUT2D eigenvalue weighted by Gasteiger charge is -2.23. The van der Waals surface area contributed by atoms with Gasteiger partial charge in [-0.3, -0.25) is 4.79 Å². The molecule has 1 unspecified atom stereocenters. The molecular formula is C14H18N2OS. The zero-order chi connectivity index (χ0) is 13.8. The summed E-state index contributed by atoms with van der Waals surface area (Å²) in [7, 11) is 0. The summed E-state index contributed by atoms with van der Waals surface area (Å²) in [6, 6.07) is 9.46. The van der Waals surface area contributed by atoms with Crippen molar-refractivity contribution >= 4 is 17.7 Å². The van der Waals surface area contributed by atoms with Crippen LogP contribution in [0.4, 0.5) is 0 Å². The van der Waals surface area contributed by atoms with Gasteiger partial charge in [-0.1, -0.05) is 12.1 Å². The standard InChI is InChI=1S/C14H18N2OS/c1-10(13(17)16-14(2,3)4)18-12-8-6-5-7-11(12)9-15/h5-8,10H,1-4H3,(H,16,17). The Kier molecular flexibility index (Phi) is 4.80. The molecule has 1 aromatic carbocycles. The lowest BCUT2D eigenvalue weighted by atomic mass is 10.1. The number of hydrogen-bond donors (Lipinski definition) is 1. The maximum Gasteiger partial charge on any atom is 0.233 e. The SMILES string of the molecule is CC(Sc1ccccc1C#N)C(=O)NC(C)(C)C. The molecule has 1 aromatic rings. The van der Waals surface area contributed by atoms with Crippen molar-refractivity contribution in [3.63, 3.8) is 0 Å². The third kappa shape index (κ3) is 4.42. The molecule has 0 aromatic heterocycles. The molecule has 1 atom stereocenters. The molecule has 0 spiro atoms. The molecule has 0 aliphatic heterocycles. The average molecular weight is 262 g/mol. The minimum Gasteiger partial charge on any atom is -0.351 e. The summed E-state index contributed by atoms with van der Waals surface area (Å²) in [6.45, 7) is 7.70. The van der Waals surface area contributed by atoms with Gasteiger partial charge in [0.25, 0.3) is 0 Å². The Bertz CT molecular complexity index is 471. The fourth-order valence-corrected chi connectivity index (χ4v) is 2.32. The Morgan fingerprint density at radius 2 is 2.00 bits per heavy atom. The van der Waals surface area contributed by atoms with E-state index in [1.54, 1.807) is 6.07 Å². The van der Waals surface area contributed by atoms with Crippen LogP contribution in [-0.2, 0) is 4.79 Å². The van der Waals surface area contributed by atoms with Crippen LogP contribution in [0.2, 0.25) is 0 Å². The minimum absolute atomic E-state index is 0.0137. The van der Waals surface area contributed by atoms with Crippen molar-refractivity contribution in [3.05, 3.63) is 29.8 Å². The van der Waals surface area contributed by atoms with Gasteiger partial charge in [0.15, 0.2) is 0 Å². The quantitative estimate of drug-likeness (QED) is 0.852. The molecule has 0 aliphatic carbocycles. The van der Waals surface area contributed by atoms with E-state index in [1.165, 1.54) is 11.8 Å². The number of nitrogens with one attached hydrogen (secondary N) is 1. The second kappa shape index (κ2) is 5.92. The van der Waals surface area contributed by atoms with Gasteiger partial charge in [-0.25, -0.2) is 0 Å². The Morgan fingerprint density at radius 3 is 2.56 bits per heavy atom. The van der Waals surface area contributed by atoms with E-state index in [4.69, 9.17) is 5.26 Å². The summed E-state index contributed by atoms with van der Waals surface area (Å²) in [5.41, 5.74) is 0.374. The summed E-state index contributed by atoms with van der Waals surface area (Å²) in [5.74, 6) is -0.0137. The zero-order valence-corrected chi connectivity index (χ0v) is 12.0. The summed E-state index contributed by atoms with van der Waals surface area (Å²) in [6.07, 6.45) is 0. The van der Waals surface area contributed by atoms with Gasteiger partial charge in [0.1, 0.15) is 6.07 Å². The molecule has 0 fully saturated rings. The van der Waals surface area contributed by atoms with E-state index in [0.717, 1.165) is 4.90 Å². The Labute approximate surface area is 113 Å². The maximum absolute atomic E-state index is 11.9. The fraction of sp³-hybridized carbons (Fsp3) is 0.429. The third-order valence-electron chi connectivity index (χ3n) is 2.18. The number of amides is 1. The number of nitriles is 1. The molecule has 0 saturated heterocycles. The number of thioether (sulfide) groups is 1. The van der Waals surface area contributed by atoms with Crippen LogP contribution in [0.1, 0.15) is 33.3 Å². The molecule has 0 radical (unpaired) electrons. The van der Waals surface area contributed by atoms with E-state index in [9.17, 15) is 4.79 Å². The van der Waals surface area contributed by atoms with Crippen LogP contribution in [0.5, 0.6) is 0 Å². The highest BCUT2D eigenvalue weighted by molar-refractivity contribution is 8.00. The van der Waals surface area contributed by atoms with Crippen LogP contribution in [0.15, 0.2) is 29.2 Å². The predicted octanol–water partition coefficient (Wildman–Crippen LogP) is 2.95. The highest BCUT2D eigenvalue weighted by Gasteiger charge is 2.20. The lowest BCUT2D eigenvalue weighted by molar-refractivity contribution is -0.121. The second-order valence-electron chi connectivity index (χ2n) is 5.11. The van der Waals surface area contributed by atoms with Crippen molar-refractivity contribution in [2.45, 2.75) is 43.4 Å². The number of carbonyl (C=O) groups excluding carboxylic acids is 1. The number of nitrogens with zero attached hydrogens (tertiary/aromatic N) is 1.